The van der Waals surface area contributed by atoms with Gasteiger partial charge >= 0.3 is 0 Å². The van der Waals surface area contributed by atoms with E-state index in [1.54, 1.807) is 39.8 Å². The van der Waals surface area contributed by atoms with Crippen molar-refractivity contribution in [2.45, 2.75) is 33.2 Å². The molecule has 0 atom stereocenters. The second kappa shape index (κ2) is 7.84. The first-order valence-electron chi connectivity index (χ1n) is 8.75. The van der Waals surface area contributed by atoms with Crippen molar-refractivity contribution in [2.24, 2.45) is 0 Å². The molecule has 1 amide bonds. The molecule has 0 saturated carbocycles. The van der Waals surface area contributed by atoms with Crippen LogP contribution < -0.4 is 5.32 Å². The third kappa shape index (κ3) is 5.74. The van der Waals surface area contributed by atoms with Crippen LogP contribution in [0.3, 0.4) is 0 Å². The minimum atomic E-state index is -1.09. The molecule has 0 unspecified atom stereocenters. The van der Waals surface area contributed by atoms with Crippen LogP contribution in [-0.4, -0.2) is 36.0 Å². The highest BCUT2D eigenvalue weighted by molar-refractivity contribution is 8.35. The topological polar surface area (TPSA) is 59.3 Å². The first kappa shape index (κ1) is 21.8. The number of carbonyl (C=O) groups excluding carboxylic acids is 2. The number of benzene rings is 1. The molecule has 0 radical (unpaired) electrons. The Balaban J connectivity index is 2.39. The lowest BCUT2D eigenvalue weighted by Gasteiger charge is -2.19. The summed E-state index contributed by atoms with van der Waals surface area (Å²) >= 11 is 0. The fourth-order valence-electron chi connectivity index (χ4n) is 2.39. The average Bonchev–Trinajstić information content (AvgIpc) is 2.92. The third-order valence-corrected chi connectivity index (χ3v) is 4.32. The number of aryl methyl sites for hydroxylation is 1. The standard InChI is InChI=1S/C22H26FNO3S/c1-14-17(13-19(27-14)20(25)21(26)24-22(2,3)4)15-8-9-18(23)16(12-15)10-11-28(5,6)7/h8-9,12-13H,1-7H3,(H,24,26). The number of hydrogen-bond acceptors (Lipinski definition) is 3. The molecular weight excluding hydrogens is 377 g/mol. The zero-order valence-electron chi connectivity index (χ0n) is 17.3. The molecule has 2 aromatic rings. The Kier molecular flexibility index (Phi) is 6.10. The van der Waals surface area contributed by atoms with Crippen LogP contribution in [0.1, 0.15) is 42.6 Å². The highest BCUT2D eigenvalue weighted by Gasteiger charge is 2.25. The Morgan fingerprint density at radius 1 is 1.14 bits per heavy atom. The number of ketones is 1. The van der Waals surface area contributed by atoms with Crippen molar-refractivity contribution in [3.8, 4) is 22.3 Å². The predicted molar refractivity (Wildman–Crippen MR) is 113 cm³/mol. The van der Waals surface area contributed by atoms with E-state index in [0.29, 0.717) is 22.5 Å². The van der Waals surface area contributed by atoms with E-state index < -0.39 is 33.1 Å². The number of furan rings is 1. The van der Waals surface area contributed by atoms with E-state index in [1.807, 2.05) is 18.8 Å². The van der Waals surface area contributed by atoms with Gasteiger partial charge in [-0.3, -0.25) is 9.59 Å². The summed E-state index contributed by atoms with van der Waals surface area (Å²) in [6, 6.07) is 6.09. The van der Waals surface area contributed by atoms with Gasteiger partial charge in [-0.05, 0) is 75.5 Å². The Bertz CT molecular complexity index is 982. The summed E-state index contributed by atoms with van der Waals surface area (Å²) in [5.41, 5.74) is 1.06. The minimum Gasteiger partial charge on any atom is -0.457 e. The number of rotatable bonds is 3. The van der Waals surface area contributed by atoms with E-state index in [1.165, 1.54) is 12.1 Å². The zero-order chi connectivity index (χ0) is 21.3. The molecule has 0 saturated heterocycles. The van der Waals surface area contributed by atoms with Crippen LogP contribution in [0.25, 0.3) is 11.1 Å². The second-order valence-corrected chi connectivity index (χ2v) is 12.3. The summed E-state index contributed by atoms with van der Waals surface area (Å²) in [4.78, 5) is 24.5. The molecule has 0 bridgehead atoms. The number of halogens is 1. The van der Waals surface area contributed by atoms with E-state index in [-0.39, 0.29) is 5.76 Å². The first-order chi connectivity index (χ1) is 12.8. The average molecular weight is 404 g/mol. The Morgan fingerprint density at radius 3 is 2.36 bits per heavy atom. The van der Waals surface area contributed by atoms with Gasteiger partial charge in [-0.2, -0.15) is 10.0 Å². The summed E-state index contributed by atoms with van der Waals surface area (Å²) in [6.07, 6.45) is 6.09. The van der Waals surface area contributed by atoms with Gasteiger partial charge < -0.3 is 9.73 Å². The largest absolute Gasteiger partial charge is 0.457 e. The molecule has 0 aliphatic carbocycles. The van der Waals surface area contributed by atoms with Crippen LogP contribution in [0.5, 0.6) is 0 Å². The summed E-state index contributed by atoms with van der Waals surface area (Å²) < 4.78 is 19.6. The summed E-state index contributed by atoms with van der Waals surface area (Å²) in [5.74, 6) is 1.45. The van der Waals surface area contributed by atoms with E-state index in [4.69, 9.17) is 4.42 Å². The highest BCUT2D eigenvalue weighted by atomic mass is 32.3. The van der Waals surface area contributed by atoms with Crippen LogP contribution in [0.2, 0.25) is 0 Å². The third-order valence-electron chi connectivity index (χ3n) is 3.61. The molecule has 2 rings (SSSR count). The van der Waals surface area contributed by atoms with E-state index in [2.05, 4.69) is 16.5 Å². The zero-order valence-corrected chi connectivity index (χ0v) is 18.1. The number of hydrogen-bond donors (Lipinski definition) is 1. The van der Waals surface area contributed by atoms with E-state index in [0.717, 1.165) is 0 Å². The van der Waals surface area contributed by atoms with Gasteiger partial charge in [-0.15, -0.1) is 0 Å². The van der Waals surface area contributed by atoms with E-state index >= 15 is 0 Å². The maximum absolute atomic E-state index is 14.1. The van der Waals surface area contributed by atoms with Crippen molar-refractivity contribution < 1.29 is 18.4 Å². The maximum Gasteiger partial charge on any atom is 0.296 e. The quantitative estimate of drug-likeness (QED) is 0.467. The van der Waals surface area contributed by atoms with Crippen LogP contribution in [0.15, 0.2) is 28.7 Å². The molecule has 0 aliphatic rings. The van der Waals surface area contributed by atoms with Crippen molar-refractivity contribution in [3.63, 3.8) is 0 Å². The molecule has 150 valence electrons. The van der Waals surface area contributed by atoms with Gasteiger partial charge in [0.15, 0.2) is 5.76 Å². The predicted octanol–water partition coefficient (Wildman–Crippen LogP) is 4.49. The van der Waals surface area contributed by atoms with Gasteiger partial charge in [0.05, 0.1) is 5.56 Å². The SMILES string of the molecule is Cc1oc(C(=O)C(=O)NC(C)(C)C)cc1-c1ccc(F)c(C#CS(C)(C)C)c1. The lowest BCUT2D eigenvalue weighted by Crippen LogP contribution is -2.44. The fraction of sp³-hybridized carbons (Fsp3) is 0.364. The smallest absolute Gasteiger partial charge is 0.296 e. The van der Waals surface area contributed by atoms with Gasteiger partial charge in [0.2, 0.25) is 0 Å². The Hall–Kier alpha value is -2.52. The maximum atomic E-state index is 14.1. The van der Waals surface area contributed by atoms with Gasteiger partial charge in [-0.1, -0.05) is 12.0 Å². The van der Waals surface area contributed by atoms with E-state index in [9.17, 15) is 14.0 Å². The summed E-state index contributed by atoms with van der Waals surface area (Å²) in [5, 5.41) is 5.71. The second-order valence-electron chi connectivity index (χ2n) is 8.37. The fourth-order valence-corrected chi connectivity index (χ4v) is 2.80. The molecule has 6 heteroatoms. The van der Waals surface area contributed by atoms with Crippen LogP contribution in [0, 0.1) is 23.9 Å². The molecule has 28 heavy (non-hydrogen) atoms. The van der Waals surface area contributed by atoms with Crippen molar-refractivity contribution in [3.05, 3.63) is 47.2 Å². The van der Waals surface area contributed by atoms with Crippen LogP contribution in [0.4, 0.5) is 4.39 Å². The van der Waals surface area contributed by atoms with Crippen molar-refractivity contribution >= 4 is 21.7 Å². The van der Waals surface area contributed by atoms with Crippen LogP contribution >= 0.6 is 10.0 Å². The number of carbonyl (C=O) groups is 2. The molecule has 0 aliphatic heterocycles. The number of Topliss-reactive ketones (excluding diaryl/α,β-unsaturated/α-hetero) is 1. The summed E-state index contributed by atoms with van der Waals surface area (Å²) in [6.45, 7) is 7.06. The van der Waals surface area contributed by atoms with Gasteiger partial charge in [0.1, 0.15) is 11.6 Å². The normalized spacial score (nSPS) is 12.1. The van der Waals surface area contributed by atoms with Gasteiger partial charge in [0.25, 0.3) is 11.7 Å². The van der Waals surface area contributed by atoms with Crippen molar-refractivity contribution in [1.82, 2.24) is 5.32 Å². The molecular formula is C22H26FNO3S. The van der Waals surface area contributed by atoms with Crippen molar-refractivity contribution in [2.75, 3.05) is 18.8 Å². The molecule has 0 fully saturated rings. The molecule has 1 aromatic heterocycles. The summed E-state index contributed by atoms with van der Waals surface area (Å²) in [7, 11) is -1.09. The monoisotopic (exact) mass is 403 g/mol. The minimum absolute atomic E-state index is 0.0506. The lowest BCUT2D eigenvalue weighted by molar-refractivity contribution is -0.118. The number of amides is 1. The van der Waals surface area contributed by atoms with Crippen molar-refractivity contribution in [1.29, 1.82) is 0 Å². The molecule has 4 nitrogen and oxygen atoms in total. The lowest BCUT2D eigenvalue weighted by atomic mass is 10.0. The molecule has 1 aromatic carbocycles. The van der Waals surface area contributed by atoms with Gasteiger partial charge in [0, 0.05) is 11.1 Å². The molecule has 0 spiro atoms. The molecule has 1 heterocycles. The number of nitrogens with one attached hydrogen (secondary N) is 1. The Labute approximate surface area is 167 Å². The van der Waals surface area contributed by atoms with Crippen LogP contribution in [-0.2, 0) is 4.79 Å². The highest BCUT2D eigenvalue weighted by Crippen LogP contribution is 2.33. The first-order valence-corrected chi connectivity index (χ1v) is 11.6. The Morgan fingerprint density at radius 2 is 1.79 bits per heavy atom. The van der Waals surface area contributed by atoms with Gasteiger partial charge in [-0.25, -0.2) is 4.39 Å². The molecule has 1 N–H and O–H groups in total.